The van der Waals surface area contributed by atoms with E-state index in [-0.39, 0.29) is 43.9 Å². The number of nitrogens with zero attached hydrogens (tertiary/aromatic N) is 2. The molecule has 27 heavy (non-hydrogen) atoms. The summed E-state index contributed by atoms with van der Waals surface area (Å²) in [6, 6.07) is 14.7. The Kier molecular flexibility index (Phi) is 6.10. The number of carbonyl (C=O) groups is 3. The molecule has 0 atom stereocenters. The van der Waals surface area contributed by atoms with Crippen molar-refractivity contribution in [3.63, 3.8) is 0 Å². The second-order valence-corrected chi connectivity index (χ2v) is 7.25. The smallest absolute Gasteiger partial charge is 0.307 e. The summed E-state index contributed by atoms with van der Waals surface area (Å²) in [5, 5.41) is 0. The molecule has 2 aromatic carbocycles. The van der Waals surface area contributed by atoms with Crippen molar-refractivity contribution in [2.45, 2.75) is 13.3 Å². The summed E-state index contributed by atoms with van der Waals surface area (Å²) in [6.45, 7) is 2.05. The molecule has 2 aromatic rings. The van der Waals surface area contributed by atoms with Crippen LogP contribution < -0.4 is 4.90 Å². The molecule has 0 bridgehead atoms. The van der Waals surface area contributed by atoms with Gasteiger partial charge in [0.15, 0.2) is 0 Å². The Morgan fingerprint density at radius 3 is 2.59 bits per heavy atom. The average molecular weight is 478 g/mol. The van der Waals surface area contributed by atoms with Gasteiger partial charge < -0.3 is 9.64 Å². The maximum absolute atomic E-state index is 13.1. The van der Waals surface area contributed by atoms with Crippen LogP contribution in [0.2, 0.25) is 0 Å². The highest BCUT2D eigenvalue weighted by molar-refractivity contribution is 14.1. The molecule has 0 aliphatic carbocycles. The van der Waals surface area contributed by atoms with Crippen molar-refractivity contribution < 1.29 is 19.1 Å². The molecule has 0 unspecified atom stereocenters. The third kappa shape index (κ3) is 4.29. The molecule has 0 saturated carbocycles. The van der Waals surface area contributed by atoms with Crippen LogP contribution in [0.1, 0.15) is 23.7 Å². The van der Waals surface area contributed by atoms with Crippen LogP contribution in [0.25, 0.3) is 0 Å². The molecule has 1 heterocycles. The summed E-state index contributed by atoms with van der Waals surface area (Å²) in [7, 11) is 0. The fourth-order valence-corrected chi connectivity index (χ4v) is 3.48. The molecular formula is C20H19IN2O4. The number of para-hydroxylation sites is 1. The number of rotatable bonds is 5. The lowest BCUT2D eigenvalue weighted by Gasteiger charge is -2.22. The third-order valence-electron chi connectivity index (χ3n) is 4.20. The molecule has 0 saturated heterocycles. The average Bonchev–Trinajstić information content (AvgIpc) is 2.76. The van der Waals surface area contributed by atoms with Crippen LogP contribution in [-0.4, -0.2) is 42.4 Å². The molecule has 1 aliphatic heterocycles. The topological polar surface area (TPSA) is 66.9 Å². The number of amides is 2. The zero-order valence-corrected chi connectivity index (χ0v) is 17.0. The number of esters is 1. The van der Waals surface area contributed by atoms with E-state index >= 15 is 0 Å². The van der Waals surface area contributed by atoms with Crippen molar-refractivity contribution in [2.75, 3.05) is 24.6 Å². The van der Waals surface area contributed by atoms with Crippen LogP contribution in [0, 0.1) is 3.57 Å². The summed E-state index contributed by atoms with van der Waals surface area (Å²) in [6.07, 6.45) is 0.0530. The van der Waals surface area contributed by atoms with Gasteiger partial charge in [0.1, 0.15) is 6.54 Å². The van der Waals surface area contributed by atoms with Crippen LogP contribution in [-0.2, 0) is 14.3 Å². The third-order valence-corrected chi connectivity index (χ3v) is 4.87. The first-order valence-corrected chi connectivity index (χ1v) is 9.71. The molecular weight excluding hydrogens is 459 g/mol. The Balaban J connectivity index is 1.98. The van der Waals surface area contributed by atoms with E-state index < -0.39 is 0 Å². The Labute approximate surface area is 171 Å². The first kappa shape index (κ1) is 19.3. The van der Waals surface area contributed by atoms with Gasteiger partial charge in [-0.2, -0.15) is 0 Å². The molecule has 0 N–H and O–H groups in total. The van der Waals surface area contributed by atoms with Gasteiger partial charge in [-0.05, 0) is 59.8 Å². The van der Waals surface area contributed by atoms with Crippen molar-refractivity contribution in [1.82, 2.24) is 4.90 Å². The minimum atomic E-state index is -0.384. The molecule has 0 aromatic heterocycles. The zero-order valence-electron chi connectivity index (χ0n) is 14.9. The molecule has 140 valence electrons. The Morgan fingerprint density at radius 1 is 1.15 bits per heavy atom. The fourth-order valence-electron chi connectivity index (χ4n) is 2.99. The number of benzene rings is 2. The first-order chi connectivity index (χ1) is 13.0. The molecule has 0 fully saturated rings. The Hall–Kier alpha value is -2.42. The lowest BCUT2D eigenvalue weighted by Crippen LogP contribution is -2.38. The lowest BCUT2D eigenvalue weighted by atomic mass is 10.1. The van der Waals surface area contributed by atoms with Crippen LogP contribution in [0.4, 0.5) is 11.4 Å². The number of hydrogen-bond acceptors (Lipinski definition) is 4. The van der Waals surface area contributed by atoms with E-state index in [2.05, 4.69) is 22.6 Å². The minimum Gasteiger partial charge on any atom is -0.466 e. The van der Waals surface area contributed by atoms with Gasteiger partial charge in [-0.1, -0.05) is 18.2 Å². The van der Waals surface area contributed by atoms with Gasteiger partial charge in [-0.3, -0.25) is 19.3 Å². The maximum Gasteiger partial charge on any atom is 0.307 e. The number of anilines is 2. The van der Waals surface area contributed by atoms with E-state index in [9.17, 15) is 14.4 Å². The summed E-state index contributed by atoms with van der Waals surface area (Å²) in [5.74, 6) is -0.872. The van der Waals surface area contributed by atoms with Crippen LogP contribution in [0.15, 0.2) is 48.5 Å². The standard InChI is InChI=1S/C20H19IN2O4/c1-2-27-19(25)10-11-22-13-18(24)23(15-6-4-3-5-7-15)17-9-8-14(21)12-16(17)20(22)26/h3-9,12H,2,10-11,13H2,1H3. The molecule has 0 spiro atoms. The van der Waals surface area contributed by atoms with Crippen molar-refractivity contribution in [2.24, 2.45) is 0 Å². The molecule has 1 aliphatic rings. The highest BCUT2D eigenvalue weighted by Gasteiger charge is 2.32. The summed E-state index contributed by atoms with van der Waals surface area (Å²) in [5.41, 5.74) is 1.70. The highest BCUT2D eigenvalue weighted by Crippen LogP contribution is 2.33. The molecule has 2 amide bonds. The second kappa shape index (κ2) is 8.51. The predicted molar refractivity (Wildman–Crippen MR) is 110 cm³/mol. The van der Waals surface area contributed by atoms with Gasteiger partial charge in [0.25, 0.3) is 11.8 Å². The summed E-state index contributed by atoms with van der Waals surface area (Å²) in [4.78, 5) is 40.7. The predicted octanol–water partition coefficient (Wildman–Crippen LogP) is 3.36. The van der Waals surface area contributed by atoms with Crippen molar-refractivity contribution in [1.29, 1.82) is 0 Å². The van der Waals surface area contributed by atoms with Gasteiger partial charge in [0.2, 0.25) is 0 Å². The minimum absolute atomic E-state index is 0.0530. The maximum atomic E-state index is 13.1. The van der Waals surface area contributed by atoms with Gasteiger partial charge >= 0.3 is 5.97 Å². The number of hydrogen-bond donors (Lipinski definition) is 0. The monoisotopic (exact) mass is 478 g/mol. The van der Waals surface area contributed by atoms with Crippen LogP contribution in [0.5, 0.6) is 0 Å². The Morgan fingerprint density at radius 2 is 1.89 bits per heavy atom. The van der Waals surface area contributed by atoms with Gasteiger partial charge in [-0.25, -0.2) is 0 Å². The van der Waals surface area contributed by atoms with E-state index in [1.54, 1.807) is 24.0 Å². The lowest BCUT2D eigenvalue weighted by molar-refractivity contribution is -0.143. The quantitative estimate of drug-likeness (QED) is 0.489. The molecule has 7 heteroatoms. The van der Waals surface area contributed by atoms with Gasteiger partial charge in [-0.15, -0.1) is 0 Å². The van der Waals surface area contributed by atoms with Crippen molar-refractivity contribution in [3.8, 4) is 0 Å². The van der Waals surface area contributed by atoms with Crippen molar-refractivity contribution >= 4 is 51.7 Å². The zero-order chi connectivity index (χ0) is 19.4. The number of ether oxygens (including phenoxy) is 1. The number of halogens is 1. The normalized spacial score (nSPS) is 14.0. The van der Waals surface area contributed by atoms with Gasteiger partial charge in [0.05, 0.1) is 24.3 Å². The SMILES string of the molecule is CCOC(=O)CCN1CC(=O)N(c2ccccc2)c2ccc(I)cc2C1=O. The summed E-state index contributed by atoms with van der Waals surface area (Å²) >= 11 is 2.14. The van der Waals surface area contributed by atoms with Crippen LogP contribution in [0.3, 0.4) is 0 Å². The molecule has 6 nitrogen and oxygen atoms in total. The molecule has 3 rings (SSSR count). The van der Waals surface area contributed by atoms with Crippen LogP contribution >= 0.6 is 22.6 Å². The van der Waals surface area contributed by atoms with E-state index in [4.69, 9.17) is 4.74 Å². The fraction of sp³-hybridized carbons (Fsp3) is 0.250. The Bertz CT molecular complexity index is 870. The summed E-state index contributed by atoms with van der Waals surface area (Å²) < 4.78 is 5.83. The highest BCUT2D eigenvalue weighted by atomic mass is 127. The van der Waals surface area contributed by atoms with Gasteiger partial charge in [0, 0.05) is 15.8 Å². The van der Waals surface area contributed by atoms with E-state index in [0.717, 1.165) is 3.57 Å². The molecule has 0 radical (unpaired) electrons. The van der Waals surface area contributed by atoms with Crippen molar-refractivity contribution in [3.05, 3.63) is 57.7 Å². The largest absolute Gasteiger partial charge is 0.466 e. The first-order valence-electron chi connectivity index (χ1n) is 8.63. The van der Waals surface area contributed by atoms with E-state index in [1.165, 1.54) is 4.90 Å². The van der Waals surface area contributed by atoms with E-state index in [0.29, 0.717) is 16.9 Å². The van der Waals surface area contributed by atoms with E-state index in [1.807, 2.05) is 36.4 Å². The number of carbonyl (C=O) groups excluding carboxylic acids is 3. The number of fused-ring (bicyclic) bond motifs is 1. The second-order valence-electron chi connectivity index (χ2n) is 6.01.